The van der Waals surface area contributed by atoms with Crippen LogP contribution in [-0.2, 0) is 0 Å². The van der Waals surface area contributed by atoms with E-state index in [9.17, 15) is 4.79 Å². The molecule has 1 aromatic heterocycles. The van der Waals surface area contributed by atoms with Crippen molar-refractivity contribution in [3.8, 4) is 0 Å². The lowest BCUT2D eigenvalue weighted by molar-refractivity contribution is 0.102. The van der Waals surface area contributed by atoms with Crippen LogP contribution in [0.3, 0.4) is 0 Å². The topological polar surface area (TPSA) is 66.9 Å². The minimum atomic E-state index is -0.289. The standard InChI is InChI=1S/C20H19ClN4O/c1-13(2)14-7-3-5-9-16(14)23-19(26)18-11-12-22-20(25-18)24-17-10-6-4-8-15(17)21/h3-13H,1-2H3,(H,23,26)(H,22,24,25). The Kier molecular flexibility index (Phi) is 5.49. The number of nitrogens with one attached hydrogen (secondary N) is 2. The zero-order chi connectivity index (χ0) is 18.5. The third-order valence-corrected chi connectivity index (χ3v) is 4.17. The molecule has 132 valence electrons. The lowest BCUT2D eigenvalue weighted by Gasteiger charge is -2.13. The van der Waals surface area contributed by atoms with E-state index in [0.717, 1.165) is 11.3 Å². The first-order valence-electron chi connectivity index (χ1n) is 8.29. The zero-order valence-electron chi connectivity index (χ0n) is 14.5. The van der Waals surface area contributed by atoms with Crippen molar-refractivity contribution in [3.63, 3.8) is 0 Å². The normalized spacial score (nSPS) is 10.6. The zero-order valence-corrected chi connectivity index (χ0v) is 15.3. The second-order valence-electron chi connectivity index (χ2n) is 6.07. The van der Waals surface area contributed by atoms with Gasteiger partial charge in [-0.2, -0.15) is 0 Å². The van der Waals surface area contributed by atoms with E-state index in [1.807, 2.05) is 42.5 Å². The van der Waals surface area contributed by atoms with Crippen LogP contribution in [0.15, 0.2) is 60.8 Å². The van der Waals surface area contributed by atoms with Crippen molar-refractivity contribution in [2.45, 2.75) is 19.8 Å². The van der Waals surface area contributed by atoms with Crippen molar-refractivity contribution in [2.24, 2.45) is 0 Å². The highest BCUT2D eigenvalue weighted by Gasteiger charge is 2.13. The average Bonchev–Trinajstić information content (AvgIpc) is 2.64. The summed E-state index contributed by atoms with van der Waals surface area (Å²) < 4.78 is 0. The molecule has 6 heteroatoms. The molecule has 1 amide bonds. The Morgan fingerprint density at radius 2 is 1.69 bits per heavy atom. The number of rotatable bonds is 5. The van der Waals surface area contributed by atoms with Crippen molar-refractivity contribution in [1.82, 2.24) is 9.97 Å². The second kappa shape index (κ2) is 7.97. The molecule has 0 radical (unpaired) electrons. The molecule has 2 N–H and O–H groups in total. The van der Waals surface area contributed by atoms with Gasteiger partial charge in [-0.1, -0.05) is 55.8 Å². The summed E-state index contributed by atoms with van der Waals surface area (Å²) in [6.45, 7) is 4.17. The van der Waals surface area contributed by atoms with Crippen molar-refractivity contribution in [1.29, 1.82) is 0 Å². The predicted molar refractivity (Wildman–Crippen MR) is 105 cm³/mol. The first-order chi connectivity index (χ1) is 12.5. The van der Waals surface area contributed by atoms with E-state index in [0.29, 0.717) is 22.6 Å². The molecule has 0 saturated heterocycles. The maximum atomic E-state index is 12.6. The Bertz CT molecular complexity index is 927. The molecule has 0 aliphatic rings. The van der Waals surface area contributed by atoms with Crippen LogP contribution in [0.5, 0.6) is 0 Å². The lowest BCUT2D eigenvalue weighted by atomic mass is 10.0. The summed E-state index contributed by atoms with van der Waals surface area (Å²) in [5.41, 5.74) is 2.81. The molecule has 2 aromatic carbocycles. The number of hydrogen-bond donors (Lipinski definition) is 2. The lowest BCUT2D eigenvalue weighted by Crippen LogP contribution is -2.16. The van der Waals surface area contributed by atoms with Gasteiger partial charge in [0.25, 0.3) is 5.91 Å². The molecule has 0 saturated carbocycles. The number of aromatic nitrogens is 2. The number of nitrogens with zero attached hydrogens (tertiary/aromatic N) is 2. The van der Waals surface area contributed by atoms with E-state index >= 15 is 0 Å². The monoisotopic (exact) mass is 366 g/mol. The number of carbonyl (C=O) groups is 1. The molecule has 0 unspecified atom stereocenters. The molecule has 5 nitrogen and oxygen atoms in total. The highest BCUT2D eigenvalue weighted by Crippen LogP contribution is 2.25. The minimum absolute atomic E-state index is 0.271. The Morgan fingerprint density at radius 3 is 2.42 bits per heavy atom. The van der Waals surface area contributed by atoms with Crippen LogP contribution in [0.1, 0.15) is 35.8 Å². The molecule has 0 spiro atoms. The summed E-state index contributed by atoms with van der Waals surface area (Å²) in [7, 11) is 0. The van der Waals surface area contributed by atoms with Crippen LogP contribution < -0.4 is 10.6 Å². The van der Waals surface area contributed by atoms with Crippen LogP contribution >= 0.6 is 11.6 Å². The molecule has 0 bridgehead atoms. The fourth-order valence-corrected chi connectivity index (χ4v) is 2.71. The molecule has 0 atom stereocenters. The molecule has 3 rings (SSSR count). The van der Waals surface area contributed by atoms with Crippen molar-refractivity contribution >= 4 is 34.8 Å². The Hall–Kier alpha value is -2.92. The second-order valence-corrected chi connectivity index (χ2v) is 6.47. The molecule has 0 aliphatic carbocycles. The summed E-state index contributed by atoms with van der Waals surface area (Å²) >= 11 is 6.13. The molecule has 26 heavy (non-hydrogen) atoms. The van der Waals surface area contributed by atoms with Crippen LogP contribution in [0, 0.1) is 0 Å². The maximum Gasteiger partial charge on any atom is 0.274 e. The van der Waals surface area contributed by atoms with Crippen LogP contribution in [0.4, 0.5) is 17.3 Å². The third kappa shape index (κ3) is 4.18. The summed E-state index contributed by atoms with van der Waals surface area (Å²) in [6, 6.07) is 16.6. The maximum absolute atomic E-state index is 12.6. The highest BCUT2D eigenvalue weighted by atomic mass is 35.5. The van der Waals surface area contributed by atoms with E-state index in [1.54, 1.807) is 12.1 Å². The van der Waals surface area contributed by atoms with E-state index in [4.69, 9.17) is 11.6 Å². The smallest absolute Gasteiger partial charge is 0.274 e. The van der Waals surface area contributed by atoms with Gasteiger partial charge in [0, 0.05) is 11.9 Å². The molecule has 0 fully saturated rings. The molecular formula is C20H19ClN4O. The molecule has 0 aliphatic heterocycles. The van der Waals surface area contributed by atoms with E-state index in [2.05, 4.69) is 34.4 Å². The van der Waals surface area contributed by atoms with Gasteiger partial charge in [0.2, 0.25) is 5.95 Å². The number of hydrogen-bond acceptors (Lipinski definition) is 4. The number of anilines is 3. The third-order valence-electron chi connectivity index (χ3n) is 3.84. The Labute approximate surface area is 157 Å². The van der Waals surface area contributed by atoms with Crippen LogP contribution in [-0.4, -0.2) is 15.9 Å². The summed E-state index contributed by atoms with van der Waals surface area (Å²) in [6.07, 6.45) is 1.54. The van der Waals surface area contributed by atoms with Gasteiger partial charge < -0.3 is 10.6 Å². The van der Waals surface area contributed by atoms with Gasteiger partial charge in [0.1, 0.15) is 5.69 Å². The van der Waals surface area contributed by atoms with Gasteiger partial charge in [-0.05, 0) is 35.7 Å². The molecule has 1 heterocycles. The van der Waals surface area contributed by atoms with Gasteiger partial charge >= 0.3 is 0 Å². The Morgan fingerprint density at radius 1 is 1.00 bits per heavy atom. The van der Waals surface area contributed by atoms with E-state index in [-0.39, 0.29) is 11.6 Å². The fourth-order valence-electron chi connectivity index (χ4n) is 2.53. The number of amides is 1. The van der Waals surface area contributed by atoms with Gasteiger partial charge in [-0.25, -0.2) is 9.97 Å². The van der Waals surface area contributed by atoms with Crippen molar-refractivity contribution in [3.05, 3.63) is 77.1 Å². The van der Waals surface area contributed by atoms with E-state index in [1.165, 1.54) is 6.20 Å². The van der Waals surface area contributed by atoms with Crippen molar-refractivity contribution in [2.75, 3.05) is 10.6 Å². The minimum Gasteiger partial charge on any atom is -0.323 e. The van der Waals surface area contributed by atoms with Gasteiger partial charge in [-0.15, -0.1) is 0 Å². The first kappa shape index (κ1) is 17.9. The number of para-hydroxylation sites is 2. The molecule has 3 aromatic rings. The predicted octanol–water partition coefficient (Wildman–Crippen LogP) is 5.25. The fraction of sp³-hybridized carbons (Fsp3) is 0.150. The van der Waals surface area contributed by atoms with Gasteiger partial charge in [0.05, 0.1) is 10.7 Å². The molecular weight excluding hydrogens is 348 g/mol. The first-order valence-corrected chi connectivity index (χ1v) is 8.67. The Balaban J connectivity index is 1.80. The highest BCUT2D eigenvalue weighted by molar-refractivity contribution is 6.33. The average molecular weight is 367 g/mol. The van der Waals surface area contributed by atoms with E-state index < -0.39 is 0 Å². The van der Waals surface area contributed by atoms with Gasteiger partial charge in [0.15, 0.2) is 0 Å². The quantitative estimate of drug-likeness (QED) is 0.647. The summed E-state index contributed by atoms with van der Waals surface area (Å²) in [4.78, 5) is 21.0. The van der Waals surface area contributed by atoms with Crippen LogP contribution in [0.25, 0.3) is 0 Å². The SMILES string of the molecule is CC(C)c1ccccc1NC(=O)c1ccnc(Nc2ccccc2Cl)n1. The number of halogens is 1. The summed E-state index contributed by atoms with van der Waals surface area (Å²) in [5.74, 6) is 0.319. The largest absolute Gasteiger partial charge is 0.323 e. The van der Waals surface area contributed by atoms with Gasteiger partial charge in [-0.3, -0.25) is 4.79 Å². The summed E-state index contributed by atoms with van der Waals surface area (Å²) in [5, 5.41) is 6.51. The number of benzene rings is 2. The van der Waals surface area contributed by atoms with Crippen LogP contribution in [0.2, 0.25) is 5.02 Å². The van der Waals surface area contributed by atoms with Crippen molar-refractivity contribution < 1.29 is 4.79 Å². The number of carbonyl (C=O) groups excluding carboxylic acids is 1.